The predicted molar refractivity (Wildman–Crippen MR) is 149 cm³/mol. The first-order valence-corrected chi connectivity index (χ1v) is 13.2. The van der Waals surface area contributed by atoms with Gasteiger partial charge in [0.05, 0.1) is 6.42 Å². The molecule has 0 heterocycles. The zero-order chi connectivity index (χ0) is 26.2. The molecule has 8 heteroatoms. The highest BCUT2D eigenvalue weighted by Gasteiger charge is 2.32. The van der Waals surface area contributed by atoms with E-state index in [0.29, 0.717) is 37.6 Å². The van der Waals surface area contributed by atoms with E-state index >= 15 is 0 Å². The van der Waals surface area contributed by atoms with Crippen LogP contribution in [0.25, 0.3) is 0 Å². The Labute approximate surface area is 232 Å². The van der Waals surface area contributed by atoms with Crippen LogP contribution in [0.2, 0.25) is 20.1 Å². The summed E-state index contributed by atoms with van der Waals surface area (Å²) in [7, 11) is 0. The third-order valence-electron chi connectivity index (χ3n) is 6.05. The van der Waals surface area contributed by atoms with Crippen LogP contribution < -0.4 is 5.32 Å². The molecule has 0 spiro atoms. The van der Waals surface area contributed by atoms with E-state index in [4.69, 9.17) is 46.4 Å². The molecular formula is C28H28Cl4N2O2. The first kappa shape index (κ1) is 28.3. The van der Waals surface area contributed by atoms with Crippen molar-refractivity contribution in [3.63, 3.8) is 0 Å². The van der Waals surface area contributed by atoms with Crippen molar-refractivity contribution in [2.24, 2.45) is 0 Å². The molecule has 2 atom stereocenters. The fourth-order valence-corrected chi connectivity index (χ4v) is 4.85. The average molecular weight is 566 g/mol. The Balaban J connectivity index is 2.06. The molecule has 0 aliphatic rings. The van der Waals surface area contributed by atoms with E-state index in [1.165, 1.54) is 4.90 Å². The lowest BCUT2D eigenvalue weighted by Crippen LogP contribution is -2.52. The van der Waals surface area contributed by atoms with Gasteiger partial charge in [0.1, 0.15) is 6.04 Å². The van der Waals surface area contributed by atoms with E-state index in [2.05, 4.69) is 5.32 Å². The number of hydrogen-bond donors (Lipinski definition) is 1. The monoisotopic (exact) mass is 564 g/mol. The molecule has 1 N–H and O–H groups in total. The van der Waals surface area contributed by atoms with Crippen LogP contribution in [0.5, 0.6) is 0 Å². The Hall–Kier alpha value is -2.24. The van der Waals surface area contributed by atoms with Crippen molar-refractivity contribution >= 4 is 58.2 Å². The average Bonchev–Trinajstić information content (AvgIpc) is 2.85. The summed E-state index contributed by atoms with van der Waals surface area (Å²) < 4.78 is 0. The van der Waals surface area contributed by atoms with Crippen LogP contribution in [0.1, 0.15) is 37.0 Å². The van der Waals surface area contributed by atoms with Crippen LogP contribution in [0.15, 0.2) is 66.7 Å². The lowest BCUT2D eigenvalue weighted by molar-refractivity contribution is -0.141. The number of halogens is 4. The fraction of sp³-hybridized carbons (Fsp3) is 0.286. The summed E-state index contributed by atoms with van der Waals surface area (Å²) in [5.74, 6) is -0.573. The zero-order valence-corrected chi connectivity index (χ0v) is 23.1. The standard InChI is InChI=1S/C28H28Cl4N2O2/c1-3-18(2)33-28(36)26(15-19-9-5-4-6-10-19)34(17-21-24(31)13-8-14-25(21)32)27(35)16-20-22(29)11-7-12-23(20)30/h4-14,18,26H,3,15-17H2,1-2H3,(H,33,36)/t18-,26+/m1/s1. The van der Waals surface area contributed by atoms with E-state index in [1.807, 2.05) is 44.2 Å². The number of hydrogen-bond acceptors (Lipinski definition) is 2. The van der Waals surface area contributed by atoms with Gasteiger partial charge in [-0.15, -0.1) is 0 Å². The summed E-state index contributed by atoms with van der Waals surface area (Å²) >= 11 is 25.7. The summed E-state index contributed by atoms with van der Waals surface area (Å²) in [6.45, 7) is 3.96. The minimum absolute atomic E-state index is 0.0465. The topological polar surface area (TPSA) is 49.4 Å². The van der Waals surface area contributed by atoms with Crippen LogP contribution in [-0.4, -0.2) is 28.8 Å². The molecule has 0 unspecified atom stereocenters. The van der Waals surface area contributed by atoms with E-state index in [-0.39, 0.29) is 30.8 Å². The van der Waals surface area contributed by atoms with E-state index in [0.717, 1.165) is 12.0 Å². The number of carbonyl (C=O) groups excluding carboxylic acids is 2. The van der Waals surface area contributed by atoms with Crippen molar-refractivity contribution in [1.29, 1.82) is 0 Å². The Morgan fingerprint density at radius 1 is 0.806 bits per heavy atom. The van der Waals surface area contributed by atoms with Gasteiger partial charge in [0, 0.05) is 44.7 Å². The molecule has 0 radical (unpaired) electrons. The van der Waals surface area contributed by atoms with Gasteiger partial charge in [-0.1, -0.05) is 95.8 Å². The number of rotatable bonds is 10. The van der Waals surface area contributed by atoms with Crippen molar-refractivity contribution in [1.82, 2.24) is 10.2 Å². The molecule has 0 aliphatic heterocycles. The molecule has 0 saturated carbocycles. The van der Waals surface area contributed by atoms with Crippen molar-refractivity contribution in [3.05, 3.63) is 104 Å². The number of nitrogens with one attached hydrogen (secondary N) is 1. The second kappa shape index (κ2) is 13.3. The molecule has 2 amide bonds. The van der Waals surface area contributed by atoms with E-state index < -0.39 is 6.04 Å². The van der Waals surface area contributed by atoms with Crippen LogP contribution in [-0.2, 0) is 29.0 Å². The summed E-state index contributed by atoms with van der Waals surface area (Å²) in [6.07, 6.45) is 0.985. The van der Waals surface area contributed by atoms with Gasteiger partial charge in [0.15, 0.2) is 0 Å². The van der Waals surface area contributed by atoms with Gasteiger partial charge < -0.3 is 10.2 Å². The van der Waals surface area contributed by atoms with Gasteiger partial charge in [-0.3, -0.25) is 9.59 Å². The van der Waals surface area contributed by atoms with Crippen molar-refractivity contribution in [2.45, 2.75) is 51.7 Å². The summed E-state index contributed by atoms with van der Waals surface area (Å²) in [5.41, 5.74) is 1.98. The lowest BCUT2D eigenvalue weighted by atomic mass is 10.0. The highest BCUT2D eigenvalue weighted by atomic mass is 35.5. The summed E-state index contributed by atoms with van der Waals surface area (Å²) in [5, 5.41) is 4.63. The van der Waals surface area contributed by atoms with E-state index in [1.54, 1.807) is 36.4 Å². The van der Waals surface area contributed by atoms with Crippen LogP contribution in [0.3, 0.4) is 0 Å². The van der Waals surface area contributed by atoms with Gasteiger partial charge in [-0.2, -0.15) is 0 Å². The lowest BCUT2D eigenvalue weighted by Gasteiger charge is -2.33. The molecule has 190 valence electrons. The number of amides is 2. The predicted octanol–water partition coefficient (Wildman–Crippen LogP) is 7.40. The Kier molecular flexibility index (Phi) is 10.5. The normalized spacial score (nSPS) is 12.6. The maximum absolute atomic E-state index is 13.9. The Bertz CT molecular complexity index is 1160. The van der Waals surface area contributed by atoms with Gasteiger partial charge in [0.25, 0.3) is 0 Å². The molecule has 0 aromatic heterocycles. The van der Waals surface area contributed by atoms with Crippen molar-refractivity contribution < 1.29 is 9.59 Å². The highest BCUT2D eigenvalue weighted by Crippen LogP contribution is 2.29. The SMILES string of the molecule is CC[C@@H](C)NC(=O)[C@H](Cc1ccccc1)N(Cc1c(Cl)cccc1Cl)C(=O)Cc1c(Cl)cccc1Cl. The second-order valence-electron chi connectivity index (χ2n) is 8.62. The minimum Gasteiger partial charge on any atom is -0.352 e. The van der Waals surface area contributed by atoms with Crippen LogP contribution in [0, 0.1) is 0 Å². The van der Waals surface area contributed by atoms with Crippen LogP contribution >= 0.6 is 46.4 Å². The molecule has 36 heavy (non-hydrogen) atoms. The maximum Gasteiger partial charge on any atom is 0.243 e. The smallest absolute Gasteiger partial charge is 0.243 e. The molecule has 0 aliphatic carbocycles. The third-order valence-corrected chi connectivity index (χ3v) is 7.47. The quantitative estimate of drug-likeness (QED) is 0.278. The van der Waals surface area contributed by atoms with Gasteiger partial charge in [-0.25, -0.2) is 0 Å². The number of carbonyl (C=O) groups is 2. The van der Waals surface area contributed by atoms with Crippen molar-refractivity contribution in [3.8, 4) is 0 Å². The zero-order valence-electron chi connectivity index (χ0n) is 20.1. The molecule has 3 aromatic carbocycles. The summed E-state index contributed by atoms with van der Waals surface area (Å²) in [4.78, 5) is 29.0. The minimum atomic E-state index is -0.817. The van der Waals surface area contributed by atoms with Gasteiger partial charge in [0.2, 0.25) is 11.8 Å². The fourth-order valence-electron chi connectivity index (χ4n) is 3.80. The van der Waals surface area contributed by atoms with Crippen LogP contribution in [0.4, 0.5) is 0 Å². The second-order valence-corrected chi connectivity index (χ2v) is 10.3. The number of benzene rings is 3. The molecule has 0 fully saturated rings. The largest absolute Gasteiger partial charge is 0.352 e. The molecule has 4 nitrogen and oxygen atoms in total. The molecule has 0 bridgehead atoms. The molecular weight excluding hydrogens is 538 g/mol. The Morgan fingerprint density at radius 2 is 1.33 bits per heavy atom. The number of nitrogens with zero attached hydrogens (tertiary/aromatic N) is 1. The molecule has 0 saturated heterocycles. The molecule has 3 aromatic rings. The third kappa shape index (κ3) is 7.39. The maximum atomic E-state index is 13.9. The highest BCUT2D eigenvalue weighted by molar-refractivity contribution is 6.36. The van der Waals surface area contributed by atoms with E-state index in [9.17, 15) is 9.59 Å². The Morgan fingerprint density at radius 3 is 1.86 bits per heavy atom. The van der Waals surface area contributed by atoms with Gasteiger partial charge in [-0.05, 0) is 48.7 Å². The first-order chi connectivity index (χ1) is 17.2. The van der Waals surface area contributed by atoms with Gasteiger partial charge >= 0.3 is 0 Å². The summed E-state index contributed by atoms with van der Waals surface area (Å²) in [6, 6.07) is 18.9. The molecule has 3 rings (SSSR count). The van der Waals surface area contributed by atoms with Crippen molar-refractivity contribution in [2.75, 3.05) is 0 Å². The first-order valence-electron chi connectivity index (χ1n) is 11.7.